The van der Waals surface area contributed by atoms with Gasteiger partial charge in [-0.3, -0.25) is 14.4 Å². The smallest absolute Gasteiger partial charge is 0.306 e. The van der Waals surface area contributed by atoms with E-state index >= 15 is 0 Å². The Balaban J connectivity index is 4.35. The molecule has 1 unspecified atom stereocenters. The second-order valence-electron chi connectivity index (χ2n) is 24.1. The van der Waals surface area contributed by atoms with E-state index in [0.717, 1.165) is 109 Å². The summed E-state index contributed by atoms with van der Waals surface area (Å²) in [5, 5.41) is 0. The molecule has 6 nitrogen and oxygen atoms in total. The normalized spacial score (nSPS) is 12.6. The summed E-state index contributed by atoms with van der Waals surface area (Å²) in [7, 11) is 0. The lowest BCUT2D eigenvalue weighted by molar-refractivity contribution is -0.167. The molecule has 0 fully saturated rings. The lowest BCUT2D eigenvalue weighted by atomic mass is 10.0. The summed E-state index contributed by atoms with van der Waals surface area (Å²) >= 11 is 0. The Morgan fingerprint density at radius 1 is 0.253 bits per heavy atom. The first-order chi connectivity index (χ1) is 41.0. The molecule has 6 heteroatoms. The van der Waals surface area contributed by atoms with Crippen molar-refractivity contribution >= 4 is 17.9 Å². The van der Waals surface area contributed by atoms with Crippen LogP contribution in [0.1, 0.15) is 367 Å². The van der Waals surface area contributed by atoms with Crippen LogP contribution in [0.15, 0.2) is 85.1 Å². The summed E-state index contributed by atoms with van der Waals surface area (Å²) in [6.45, 7) is 6.55. The number of carbonyl (C=O) groups is 3. The maximum Gasteiger partial charge on any atom is 0.306 e. The van der Waals surface area contributed by atoms with E-state index in [1.807, 2.05) is 0 Å². The molecule has 0 radical (unpaired) electrons. The van der Waals surface area contributed by atoms with E-state index in [2.05, 4.69) is 106 Å². The molecule has 0 saturated heterocycles. The highest BCUT2D eigenvalue weighted by atomic mass is 16.6. The number of esters is 3. The van der Waals surface area contributed by atoms with Crippen LogP contribution in [-0.4, -0.2) is 37.2 Å². The van der Waals surface area contributed by atoms with Crippen molar-refractivity contribution in [3.8, 4) is 0 Å². The van der Waals surface area contributed by atoms with Gasteiger partial charge < -0.3 is 14.2 Å². The molecule has 0 saturated carbocycles. The van der Waals surface area contributed by atoms with Gasteiger partial charge in [0, 0.05) is 19.3 Å². The van der Waals surface area contributed by atoms with E-state index in [1.165, 1.54) is 218 Å². The van der Waals surface area contributed by atoms with Crippen molar-refractivity contribution in [3.05, 3.63) is 85.1 Å². The van der Waals surface area contributed by atoms with Gasteiger partial charge in [0.15, 0.2) is 6.10 Å². The Bertz CT molecular complexity index is 1570. The molecule has 0 aliphatic rings. The molecule has 0 aliphatic carbocycles. The second-order valence-corrected chi connectivity index (χ2v) is 24.1. The van der Waals surface area contributed by atoms with Crippen molar-refractivity contribution in [2.24, 2.45) is 0 Å². The fourth-order valence-corrected chi connectivity index (χ4v) is 10.5. The van der Waals surface area contributed by atoms with Crippen molar-refractivity contribution in [1.82, 2.24) is 0 Å². The van der Waals surface area contributed by atoms with Gasteiger partial charge in [0.05, 0.1) is 0 Å². The fourth-order valence-electron chi connectivity index (χ4n) is 10.5. The van der Waals surface area contributed by atoms with Crippen LogP contribution in [0, 0.1) is 0 Å². The predicted octanol–water partition coefficient (Wildman–Crippen LogP) is 25.0. The molecule has 1 atom stereocenters. The molecular weight excluding hydrogens is 1020 g/mol. The van der Waals surface area contributed by atoms with Gasteiger partial charge in [0.2, 0.25) is 0 Å². The maximum absolute atomic E-state index is 13.0. The third kappa shape index (κ3) is 69.3. The molecule has 83 heavy (non-hydrogen) atoms. The van der Waals surface area contributed by atoms with Crippen molar-refractivity contribution in [2.75, 3.05) is 13.2 Å². The van der Waals surface area contributed by atoms with Crippen LogP contribution in [0.4, 0.5) is 0 Å². The van der Waals surface area contributed by atoms with Crippen molar-refractivity contribution < 1.29 is 28.6 Å². The van der Waals surface area contributed by atoms with Gasteiger partial charge in [0.1, 0.15) is 13.2 Å². The van der Waals surface area contributed by atoms with Gasteiger partial charge in [0.25, 0.3) is 0 Å². The minimum atomic E-state index is -0.790. The zero-order valence-electron chi connectivity index (χ0n) is 55.2. The molecule has 0 N–H and O–H groups in total. The van der Waals surface area contributed by atoms with Crippen LogP contribution in [0.3, 0.4) is 0 Å². The number of rotatable bonds is 66. The molecule has 0 bridgehead atoms. The minimum absolute atomic E-state index is 0.0837. The number of hydrogen-bond donors (Lipinski definition) is 0. The second kappa shape index (κ2) is 71.1. The van der Waals surface area contributed by atoms with Crippen molar-refractivity contribution in [2.45, 2.75) is 374 Å². The SMILES string of the molecule is CC/C=C\C/C=C\C/C=C\C/C=C\CCCCCCC(=O)OCC(COC(=O)CCCCCCCCCCCC/C=C\C/C=C\C/C=C\CCCCCCC)OC(=O)CCCCCCCCCCCCCCCCCCCCCCCCC. The topological polar surface area (TPSA) is 78.9 Å². The van der Waals surface area contributed by atoms with Crippen molar-refractivity contribution in [3.63, 3.8) is 0 Å². The van der Waals surface area contributed by atoms with Crippen LogP contribution in [0.25, 0.3) is 0 Å². The van der Waals surface area contributed by atoms with Crippen molar-refractivity contribution in [1.29, 1.82) is 0 Å². The molecule has 0 heterocycles. The first-order valence-corrected chi connectivity index (χ1v) is 36.1. The first-order valence-electron chi connectivity index (χ1n) is 36.1. The zero-order valence-corrected chi connectivity index (χ0v) is 55.2. The van der Waals surface area contributed by atoms with Gasteiger partial charge in [-0.1, -0.05) is 337 Å². The van der Waals surface area contributed by atoms with Crippen LogP contribution < -0.4 is 0 Å². The van der Waals surface area contributed by atoms with E-state index in [-0.39, 0.29) is 31.1 Å². The van der Waals surface area contributed by atoms with E-state index in [9.17, 15) is 14.4 Å². The largest absolute Gasteiger partial charge is 0.462 e. The Labute approximate surface area is 515 Å². The predicted molar refractivity (Wildman–Crippen MR) is 362 cm³/mol. The first kappa shape index (κ1) is 79.6. The van der Waals surface area contributed by atoms with Crippen LogP contribution >= 0.6 is 0 Å². The monoisotopic (exact) mass is 1160 g/mol. The highest BCUT2D eigenvalue weighted by Gasteiger charge is 2.19. The van der Waals surface area contributed by atoms with Crippen LogP contribution in [0.5, 0.6) is 0 Å². The summed E-state index contributed by atoms with van der Waals surface area (Å²) in [6, 6.07) is 0. The summed E-state index contributed by atoms with van der Waals surface area (Å²) in [5.41, 5.74) is 0. The molecule has 0 aromatic heterocycles. The van der Waals surface area contributed by atoms with E-state index < -0.39 is 6.10 Å². The quantitative estimate of drug-likeness (QED) is 0.0261. The van der Waals surface area contributed by atoms with E-state index in [1.54, 1.807) is 0 Å². The molecule has 0 spiro atoms. The Kier molecular flexibility index (Phi) is 68.2. The third-order valence-electron chi connectivity index (χ3n) is 15.9. The minimum Gasteiger partial charge on any atom is -0.462 e. The number of carbonyl (C=O) groups excluding carboxylic acids is 3. The van der Waals surface area contributed by atoms with Crippen LogP contribution in [0.2, 0.25) is 0 Å². The molecule has 0 amide bonds. The molecule has 0 aliphatic heterocycles. The molecule has 480 valence electrons. The number of ether oxygens (including phenoxy) is 3. The maximum atomic E-state index is 13.0. The standard InChI is InChI=1S/C77H136O6/c1-4-7-10-13-16-19-22-25-28-31-33-35-37-38-40-41-43-46-49-52-55-58-61-64-67-70-76(79)82-73-74(72-81-75(78)69-66-63-60-57-54-51-48-45-30-27-24-21-18-15-12-9-6-3)83-77(80)71-68-65-62-59-56-53-50-47-44-42-39-36-34-32-29-26-23-20-17-14-11-8-5-2/h9,12,18,21-22,25,27,30-31,33,37-38,48,51,74H,4-8,10-11,13-17,19-20,23-24,26,28-29,32,34-36,39-47,49-50,52-73H2,1-3H3/b12-9-,21-18-,25-22-,30-27-,33-31-,38-37-,51-48-. The number of hydrogen-bond acceptors (Lipinski definition) is 6. The van der Waals surface area contributed by atoms with E-state index in [4.69, 9.17) is 14.2 Å². The van der Waals surface area contributed by atoms with Gasteiger partial charge in [-0.25, -0.2) is 0 Å². The van der Waals surface area contributed by atoms with Crippen LogP contribution in [-0.2, 0) is 28.6 Å². The Morgan fingerprint density at radius 2 is 0.470 bits per heavy atom. The average Bonchev–Trinajstić information content (AvgIpc) is 3.49. The Hall–Kier alpha value is -3.41. The zero-order chi connectivity index (χ0) is 59.9. The lowest BCUT2D eigenvalue weighted by Crippen LogP contribution is -2.30. The molecular formula is C77H136O6. The third-order valence-corrected chi connectivity index (χ3v) is 15.9. The number of unbranched alkanes of at least 4 members (excludes halogenated alkanes) is 41. The van der Waals surface area contributed by atoms with Gasteiger partial charge in [-0.05, 0) is 96.3 Å². The highest BCUT2D eigenvalue weighted by Crippen LogP contribution is 2.18. The van der Waals surface area contributed by atoms with E-state index in [0.29, 0.717) is 19.3 Å². The van der Waals surface area contributed by atoms with Gasteiger partial charge in [-0.2, -0.15) is 0 Å². The number of allylic oxidation sites excluding steroid dienone is 14. The summed E-state index contributed by atoms with van der Waals surface area (Å²) in [6.07, 6.45) is 94.7. The summed E-state index contributed by atoms with van der Waals surface area (Å²) in [5.74, 6) is -0.891. The fraction of sp³-hybridized carbons (Fsp3) is 0.779. The molecule has 0 aromatic rings. The average molecular weight is 1160 g/mol. The Morgan fingerprint density at radius 3 is 0.735 bits per heavy atom. The van der Waals surface area contributed by atoms with Gasteiger partial charge >= 0.3 is 17.9 Å². The molecule has 0 aromatic carbocycles. The molecule has 0 rings (SSSR count). The van der Waals surface area contributed by atoms with Gasteiger partial charge in [-0.15, -0.1) is 0 Å². The lowest BCUT2D eigenvalue weighted by Gasteiger charge is -2.18. The summed E-state index contributed by atoms with van der Waals surface area (Å²) < 4.78 is 17.0. The highest BCUT2D eigenvalue weighted by molar-refractivity contribution is 5.71. The summed E-state index contributed by atoms with van der Waals surface area (Å²) in [4.78, 5) is 38.5.